The minimum Gasteiger partial charge on any atom is -0.456 e. The molecule has 182 valence electrons. The SMILES string of the molecule is c1ccc(-c2cc3oc4ccccc4c3c3nc(-n4c5ccccc5c5c6ccccc6ccc54)oc23)cc1. The van der Waals surface area contributed by atoms with E-state index in [1.165, 1.54) is 21.5 Å². The molecular formula is C35H20N2O2. The molecule has 0 saturated heterocycles. The first-order chi connectivity index (χ1) is 19.3. The predicted molar refractivity (Wildman–Crippen MR) is 159 cm³/mol. The number of fused-ring (bicyclic) bond motifs is 10. The summed E-state index contributed by atoms with van der Waals surface area (Å²) in [6.45, 7) is 0. The van der Waals surface area contributed by atoms with Crippen molar-refractivity contribution in [3.05, 3.63) is 121 Å². The number of furan rings is 1. The molecular weight excluding hydrogens is 480 g/mol. The van der Waals surface area contributed by atoms with Gasteiger partial charge in [-0.3, -0.25) is 4.57 Å². The zero-order valence-corrected chi connectivity index (χ0v) is 20.8. The van der Waals surface area contributed by atoms with Gasteiger partial charge in [0.1, 0.15) is 16.7 Å². The fraction of sp³-hybridized carbons (Fsp3) is 0. The van der Waals surface area contributed by atoms with Crippen LogP contribution in [0.15, 0.2) is 130 Å². The summed E-state index contributed by atoms with van der Waals surface area (Å²) >= 11 is 0. The van der Waals surface area contributed by atoms with Crippen LogP contribution in [0.1, 0.15) is 0 Å². The Bertz CT molecular complexity index is 2390. The molecule has 9 aromatic rings. The number of benzene rings is 6. The minimum atomic E-state index is 0.543. The van der Waals surface area contributed by atoms with Crippen LogP contribution in [0.25, 0.3) is 82.8 Å². The third-order valence-electron chi connectivity index (χ3n) is 7.83. The molecule has 0 aliphatic rings. The van der Waals surface area contributed by atoms with Crippen LogP contribution in [0.3, 0.4) is 0 Å². The molecule has 0 atom stereocenters. The third-order valence-corrected chi connectivity index (χ3v) is 7.83. The molecule has 0 bridgehead atoms. The molecule has 0 aliphatic heterocycles. The van der Waals surface area contributed by atoms with E-state index in [1.54, 1.807) is 0 Å². The van der Waals surface area contributed by atoms with Crippen LogP contribution in [0.4, 0.5) is 0 Å². The fourth-order valence-corrected chi connectivity index (χ4v) is 6.14. The number of hydrogen-bond acceptors (Lipinski definition) is 3. The van der Waals surface area contributed by atoms with E-state index in [9.17, 15) is 0 Å². The zero-order valence-electron chi connectivity index (χ0n) is 20.8. The molecule has 39 heavy (non-hydrogen) atoms. The van der Waals surface area contributed by atoms with Gasteiger partial charge in [0, 0.05) is 21.7 Å². The van der Waals surface area contributed by atoms with E-state index in [0.717, 1.165) is 55.2 Å². The van der Waals surface area contributed by atoms with Crippen molar-refractivity contribution in [3.63, 3.8) is 0 Å². The summed E-state index contributed by atoms with van der Waals surface area (Å²) in [7, 11) is 0. The number of hydrogen-bond donors (Lipinski definition) is 0. The first-order valence-electron chi connectivity index (χ1n) is 13.1. The van der Waals surface area contributed by atoms with Gasteiger partial charge in [0.25, 0.3) is 0 Å². The van der Waals surface area contributed by atoms with Crippen LogP contribution in [-0.4, -0.2) is 9.55 Å². The summed E-state index contributed by atoms with van der Waals surface area (Å²) in [5, 5.41) is 6.81. The molecule has 9 rings (SSSR count). The van der Waals surface area contributed by atoms with E-state index in [4.69, 9.17) is 13.8 Å². The molecule has 4 heteroatoms. The molecule has 4 nitrogen and oxygen atoms in total. The topological polar surface area (TPSA) is 44.1 Å². The second-order valence-electron chi connectivity index (χ2n) is 9.97. The fourth-order valence-electron chi connectivity index (χ4n) is 6.14. The Morgan fingerprint density at radius 1 is 0.538 bits per heavy atom. The van der Waals surface area contributed by atoms with E-state index in [1.807, 2.05) is 36.4 Å². The van der Waals surface area contributed by atoms with Crippen LogP contribution in [-0.2, 0) is 0 Å². The second kappa shape index (κ2) is 7.59. The van der Waals surface area contributed by atoms with Gasteiger partial charge in [-0.05, 0) is 40.6 Å². The highest BCUT2D eigenvalue weighted by molar-refractivity contribution is 6.22. The summed E-state index contributed by atoms with van der Waals surface area (Å²) in [6.07, 6.45) is 0. The number of rotatable bonds is 2. The van der Waals surface area contributed by atoms with Crippen molar-refractivity contribution in [2.24, 2.45) is 0 Å². The molecule has 0 radical (unpaired) electrons. The monoisotopic (exact) mass is 500 g/mol. The van der Waals surface area contributed by atoms with Crippen LogP contribution in [0.2, 0.25) is 0 Å². The van der Waals surface area contributed by atoms with Gasteiger partial charge in [0.15, 0.2) is 5.58 Å². The van der Waals surface area contributed by atoms with Crippen LogP contribution in [0, 0.1) is 0 Å². The minimum absolute atomic E-state index is 0.543. The normalized spacial score (nSPS) is 12.1. The summed E-state index contributed by atoms with van der Waals surface area (Å²) in [5.41, 5.74) is 7.34. The molecule has 3 aromatic heterocycles. The summed E-state index contributed by atoms with van der Waals surface area (Å²) in [5.74, 6) is 0. The van der Waals surface area contributed by atoms with Gasteiger partial charge in [-0.15, -0.1) is 0 Å². The van der Waals surface area contributed by atoms with Gasteiger partial charge >= 0.3 is 6.01 Å². The van der Waals surface area contributed by atoms with E-state index in [2.05, 4.69) is 89.5 Å². The average molecular weight is 501 g/mol. The smallest absolute Gasteiger partial charge is 0.307 e. The highest BCUT2D eigenvalue weighted by atomic mass is 16.4. The van der Waals surface area contributed by atoms with E-state index >= 15 is 0 Å². The van der Waals surface area contributed by atoms with E-state index in [0.29, 0.717) is 6.01 Å². The lowest BCUT2D eigenvalue weighted by atomic mass is 10.0. The Kier molecular flexibility index (Phi) is 4.02. The maximum Gasteiger partial charge on any atom is 0.307 e. The maximum atomic E-state index is 6.76. The number of aromatic nitrogens is 2. The van der Waals surface area contributed by atoms with Crippen LogP contribution < -0.4 is 0 Å². The van der Waals surface area contributed by atoms with Crippen LogP contribution in [0.5, 0.6) is 0 Å². The molecule has 3 heterocycles. The second-order valence-corrected chi connectivity index (χ2v) is 9.97. The molecule has 0 amide bonds. The van der Waals surface area contributed by atoms with Crippen molar-refractivity contribution in [2.75, 3.05) is 0 Å². The van der Waals surface area contributed by atoms with Gasteiger partial charge in [-0.2, -0.15) is 4.98 Å². The lowest BCUT2D eigenvalue weighted by Crippen LogP contribution is -1.93. The highest BCUT2D eigenvalue weighted by Crippen LogP contribution is 2.42. The Labute approximate surface area is 222 Å². The van der Waals surface area contributed by atoms with Crippen molar-refractivity contribution < 1.29 is 8.83 Å². The number of oxazole rings is 1. The lowest BCUT2D eigenvalue weighted by Gasteiger charge is -2.04. The van der Waals surface area contributed by atoms with E-state index < -0.39 is 0 Å². The first-order valence-corrected chi connectivity index (χ1v) is 13.1. The maximum absolute atomic E-state index is 6.76. The van der Waals surface area contributed by atoms with Crippen molar-refractivity contribution >= 4 is 65.6 Å². The average Bonchev–Trinajstić information content (AvgIpc) is 3.68. The van der Waals surface area contributed by atoms with Crippen molar-refractivity contribution in [3.8, 4) is 17.1 Å². The Morgan fingerprint density at radius 3 is 2.18 bits per heavy atom. The Hall–Kier alpha value is -5.35. The predicted octanol–water partition coefficient (Wildman–Crippen LogP) is 9.64. The van der Waals surface area contributed by atoms with Gasteiger partial charge in [0.05, 0.1) is 16.4 Å². The number of nitrogens with zero attached hydrogens (tertiary/aromatic N) is 2. The van der Waals surface area contributed by atoms with Crippen LogP contribution >= 0.6 is 0 Å². The summed E-state index contributed by atoms with van der Waals surface area (Å²) < 4.78 is 15.2. The van der Waals surface area contributed by atoms with Gasteiger partial charge in [0.2, 0.25) is 0 Å². The van der Waals surface area contributed by atoms with Crippen molar-refractivity contribution in [1.82, 2.24) is 9.55 Å². The molecule has 0 fully saturated rings. The standard InChI is InChI=1S/C35H20N2O2/c1-2-10-21(11-3-1)26-20-30-32(25-15-7-9-17-29(25)38-30)33-34(26)39-35(36-33)37-27-16-8-6-14-24(27)31-23-13-5-4-12-22(23)18-19-28(31)37/h1-20H. The molecule has 0 saturated carbocycles. The quantitative estimate of drug-likeness (QED) is 0.237. The molecule has 0 N–H and O–H groups in total. The Morgan fingerprint density at radius 2 is 1.28 bits per heavy atom. The van der Waals surface area contributed by atoms with Crippen molar-refractivity contribution in [2.45, 2.75) is 0 Å². The van der Waals surface area contributed by atoms with E-state index in [-0.39, 0.29) is 0 Å². The number of para-hydroxylation sites is 2. The zero-order chi connectivity index (χ0) is 25.5. The lowest BCUT2D eigenvalue weighted by molar-refractivity contribution is 0.575. The summed E-state index contributed by atoms with van der Waals surface area (Å²) in [6, 6.07) is 42.4. The van der Waals surface area contributed by atoms with Gasteiger partial charge in [-0.25, -0.2) is 0 Å². The molecule has 0 spiro atoms. The Balaban J connectivity index is 1.46. The molecule has 6 aromatic carbocycles. The molecule has 0 aliphatic carbocycles. The first kappa shape index (κ1) is 20.7. The highest BCUT2D eigenvalue weighted by Gasteiger charge is 2.23. The van der Waals surface area contributed by atoms with Gasteiger partial charge < -0.3 is 8.83 Å². The molecule has 0 unspecified atom stereocenters. The summed E-state index contributed by atoms with van der Waals surface area (Å²) in [4.78, 5) is 5.21. The van der Waals surface area contributed by atoms with Crippen molar-refractivity contribution in [1.29, 1.82) is 0 Å². The van der Waals surface area contributed by atoms with Gasteiger partial charge in [-0.1, -0.05) is 97.1 Å². The largest absolute Gasteiger partial charge is 0.456 e. The third kappa shape index (κ3) is 2.80.